The molecule has 0 spiro atoms. The summed E-state index contributed by atoms with van der Waals surface area (Å²) in [6.45, 7) is 5.03. The van der Waals surface area contributed by atoms with Crippen molar-refractivity contribution in [2.24, 2.45) is 5.92 Å². The van der Waals surface area contributed by atoms with E-state index in [2.05, 4.69) is 31.2 Å². The molecule has 0 radical (unpaired) electrons. The van der Waals surface area contributed by atoms with Gasteiger partial charge in [0.15, 0.2) is 0 Å². The molecule has 2 aromatic rings. The Labute approximate surface area is 193 Å². The highest BCUT2D eigenvalue weighted by Crippen LogP contribution is 2.38. The maximum absolute atomic E-state index is 12.1. The quantitative estimate of drug-likeness (QED) is 0.232. The first-order chi connectivity index (χ1) is 15.5. The third kappa shape index (κ3) is 7.58. The highest BCUT2D eigenvalue weighted by atomic mass is 16.5. The minimum Gasteiger partial charge on any atom is -0.493 e. The zero-order valence-electron chi connectivity index (χ0n) is 19.8. The Kier molecular flexibility index (Phi) is 9.45. The number of benzene rings is 2. The lowest BCUT2D eigenvalue weighted by Gasteiger charge is -2.29. The summed E-state index contributed by atoms with van der Waals surface area (Å²) in [5, 5.41) is 0. The number of carbonyl (C=O) groups excluding carboxylic acids is 1. The molecule has 0 saturated heterocycles. The van der Waals surface area contributed by atoms with Gasteiger partial charge in [-0.1, -0.05) is 44.7 Å². The molecule has 1 fully saturated rings. The van der Waals surface area contributed by atoms with Crippen LogP contribution in [0.25, 0.3) is 0 Å². The van der Waals surface area contributed by atoms with Crippen LogP contribution in [0.4, 0.5) is 5.69 Å². The van der Waals surface area contributed by atoms with Gasteiger partial charge in [-0.05, 0) is 85.9 Å². The van der Waals surface area contributed by atoms with Crippen molar-refractivity contribution in [3.63, 3.8) is 0 Å². The van der Waals surface area contributed by atoms with Crippen LogP contribution in [0.1, 0.15) is 92.1 Å². The van der Waals surface area contributed by atoms with Gasteiger partial charge in [0, 0.05) is 12.1 Å². The van der Waals surface area contributed by atoms with Crippen molar-refractivity contribution < 1.29 is 14.3 Å². The first-order valence-electron chi connectivity index (χ1n) is 12.3. The molecule has 32 heavy (non-hydrogen) atoms. The third-order valence-corrected chi connectivity index (χ3v) is 6.54. The smallest absolute Gasteiger partial charge is 0.338 e. The second-order valence-electron chi connectivity index (χ2n) is 9.25. The van der Waals surface area contributed by atoms with Gasteiger partial charge in [-0.2, -0.15) is 0 Å². The lowest BCUT2D eigenvalue weighted by Crippen LogP contribution is -2.13. The van der Waals surface area contributed by atoms with Gasteiger partial charge in [-0.3, -0.25) is 0 Å². The third-order valence-electron chi connectivity index (χ3n) is 6.54. The highest BCUT2D eigenvalue weighted by Gasteiger charge is 2.22. The Balaban J connectivity index is 1.33. The van der Waals surface area contributed by atoms with Crippen LogP contribution in [0.5, 0.6) is 5.75 Å². The molecule has 2 N–H and O–H groups in total. The van der Waals surface area contributed by atoms with Crippen molar-refractivity contribution in [1.29, 1.82) is 0 Å². The fraction of sp³-hybridized carbons (Fsp3) is 0.536. The van der Waals surface area contributed by atoms with Crippen molar-refractivity contribution in [2.45, 2.75) is 77.6 Å². The first-order valence-corrected chi connectivity index (χ1v) is 12.3. The van der Waals surface area contributed by atoms with Gasteiger partial charge in [-0.25, -0.2) is 4.79 Å². The number of nitrogens with two attached hydrogens (primary N) is 1. The highest BCUT2D eigenvalue weighted by molar-refractivity contribution is 5.90. The molecule has 0 atom stereocenters. The van der Waals surface area contributed by atoms with Gasteiger partial charge < -0.3 is 15.2 Å². The van der Waals surface area contributed by atoms with Crippen molar-refractivity contribution in [2.75, 3.05) is 18.9 Å². The van der Waals surface area contributed by atoms with E-state index in [4.69, 9.17) is 15.2 Å². The summed E-state index contributed by atoms with van der Waals surface area (Å²) in [5.41, 5.74) is 9.25. The van der Waals surface area contributed by atoms with Gasteiger partial charge in [0.1, 0.15) is 5.75 Å². The van der Waals surface area contributed by atoms with E-state index in [-0.39, 0.29) is 5.97 Å². The number of nitrogen functional groups attached to an aromatic ring is 1. The van der Waals surface area contributed by atoms with Crippen LogP contribution in [0.2, 0.25) is 0 Å². The van der Waals surface area contributed by atoms with Crippen LogP contribution >= 0.6 is 0 Å². The number of ether oxygens (including phenoxy) is 2. The standard InChI is InChI=1S/C28H39NO3/c1-3-4-5-7-22-8-10-23(11-9-22)24-12-14-27(15-13-24)31-16-6-17-32-28(30)25-18-21(2)19-26(29)20-25/h12-15,18-20,22-23H,3-11,16-17,29H2,1-2H3. The number of unbranched alkanes of at least 4 members (excludes halogenated alkanes) is 2. The summed E-state index contributed by atoms with van der Waals surface area (Å²) >= 11 is 0. The first kappa shape index (κ1) is 24.2. The summed E-state index contributed by atoms with van der Waals surface area (Å²) in [6.07, 6.45) is 11.5. The Hall–Kier alpha value is -2.49. The lowest BCUT2D eigenvalue weighted by atomic mass is 9.77. The number of rotatable bonds is 11. The Morgan fingerprint density at radius 1 is 0.969 bits per heavy atom. The molecule has 4 heteroatoms. The van der Waals surface area contributed by atoms with Gasteiger partial charge in [-0.15, -0.1) is 0 Å². The predicted octanol–water partition coefficient (Wildman–Crippen LogP) is 7.06. The summed E-state index contributed by atoms with van der Waals surface area (Å²) in [5.74, 6) is 2.17. The summed E-state index contributed by atoms with van der Waals surface area (Å²) in [7, 11) is 0. The molecule has 1 aliphatic rings. The predicted molar refractivity (Wildman–Crippen MR) is 131 cm³/mol. The molecule has 0 aliphatic heterocycles. The second kappa shape index (κ2) is 12.5. The van der Waals surface area contributed by atoms with Crippen molar-refractivity contribution in [1.82, 2.24) is 0 Å². The van der Waals surface area contributed by atoms with E-state index in [1.54, 1.807) is 12.1 Å². The topological polar surface area (TPSA) is 61.5 Å². The number of hydrogen-bond donors (Lipinski definition) is 1. The Bertz CT molecular complexity index is 818. The molecular formula is C28H39NO3. The molecule has 0 amide bonds. The number of anilines is 1. The van der Waals surface area contributed by atoms with Crippen molar-refractivity contribution in [3.8, 4) is 5.75 Å². The largest absolute Gasteiger partial charge is 0.493 e. The molecule has 0 aromatic heterocycles. The molecular weight excluding hydrogens is 398 g/mol. The second-order valence-corrected chi connectivity index (χ2v) is 9.25. The Morgan fingerprint density at radius 3 is 2.41 bits per heavy atom. The molecule has 0 unspecified atom stereocenters. The van der Waals surface area contributed by atoms with Crippen molar-refractivity contribution >= 4 is 11.7 Å². The maximum Gasteiger partial charge on any atom is 0.338 e. The van der Waals surface area contributed by atoms with Gasteiger partial charge in [0.2, 0.25) is 0 Å². The normalized spacial score (nSPS) is 18.3. The SMILES string of the molecule is CCCCCC1CCC(c2ccc(OCCCOC(=O)c3cc(C)cc(N)c3)cc2)CC1. The number of hydrogen-bond acceptors (Lipinski definition) is 4. The van der Waals surface area contributed by atoms with Crippen molar-refractivity contribution in [3.05, 3.63) is 59.2 Å². The maximum atomic E-state index is 12.1. The molecule has 174 valence electrons. The van der Waals surface area contributed by atoms with Crippen LogP contribution in [0.3, 0.4) is 0 Å². The van der Waals surface area contributed by atoms with E-state index in [0.29, 0.717) is 36.8 Å². The summed E-state index contributed by atoms with van der Waals surface area (Å²) in [6, 6.07) is 13.9. The van der Waals surface area contributed by atoms with E-state index in [9.17, 15) is 4.79 Å². The molecule has 0 heterocycles. The van der Waals surface area contributed by atoms with Crippen LogP contribution in [0, 0.1) is 12.8 Å². The zero-order chi connectivity index (χ0) is 22.8. The van der Waals surface area contributed by atoms with Gasteiger partial charge in [0.25, 0.3) is 0 Å². The van der Waals surface area contributed by atoms with E-state index in [1.165, 1.54) is 56.9 Å². The Morgan fingerprint density at radius 2 is 1.72 bits per heavy atom. The fourth-order valence-corrected chi connectivity index (χ4v) is 4.73. The van der Waals surface area contributed by atoms with Gasteiger partial charge >= 0.3 is 5.97 Å². The number of aryl methyl sites for hydroxylation is 1. The molecule has 0 bridgehead atoms. The van der Waals surface area contributed by atoms with E-state index >= 15 is 0 Å². The summed E-state index contributed by atoms with van der Waals surface area (Å²) < 4.78 is 11.2. The lowest BCUT2D eigenvalue weighted by molar-refractivity contribution is 0.0486. The van der Waals surface area contributed by atoms with Crippen LogP contribution in [-0.4, -0.2) is 19.2 Å². The minimum absolute atomic E-state index is 0.326. The monoisotopic (exact) mass is 437 g/mol. The zero-order valence-corrected chi connectivity index (χ0v) is 19.8. The van der Waals surface area contributed by atoms with Gasteiger partial charge in [0.05, 0.1) is 18.8 Å². The van der Waals surface area contributed by atoms with Crippen LogP contribution in [0.15, 0.2) is 42.5 Å². The number of esters is 1. The average Bonchev–Trinajstić information content (AvgIpc) is 2.79. The van der Waals surface area contributed by atoms with E-state index in [1.807, 2.05) is 13.0 Å². The minimum atomic E-state index is -0.343. The van der Waals surface area contributed by atoms with E-state index < -0.39 is 0 Å². The molecule has 3 rings (SSSR count). The molecule has 1 aliphatic carbocycles. The van der Waals surface area contributed by atoms with E-state index in [0.717, 1.165) is 17.2 Å². The van der Waals surface area contributed by atoms with Crippen LogP contribution < -0.4 is 10.5 Å². The number of carbonyl (C=O) groups is 1. The molecule has 4 nitrogen and oxygen atoms in total. The molecule has 2 aromatic carbocycles. The fourth-order valence-electron chi connectivity index (χ4n) is 4.73. The average molecular weight is 438 g/mol. The van der Waals surface area contributed by atoms with Crippen LogP contribution in [-0.2, 0) is 4.74 Å². The summed E-state index contributed by atoms with van der Waals surface area (Å²) in [4.78, 5) is 12.1. The molecule has 1 saturated carbocycles.